The molecule has 0 saturated heterocycles. The van der Waals surface area contributed by atoms with Crippen LogP contribution in [-0.2, 0) is 5.41 Å². The lowest BCUT2D eigenvalue weighted by Crippen LogP contribution is -2.31. The maximum absolute atomic E-state index is 12.2. The Hall–Kier alpha value is -2.23. The van der Waals surface area contributed by atoms with E-state index in [1.807, 2.05) is 36.4 Å². The molecule has 0 fully saturated rings. The molecule has 0 aliphatic heterocycles. The summed E-state index contributed by atoms with van der Waals surface area (Å²) in [5.74, 6) is -0.290. The minimum absolute atomic E-state index is 0.259. The van der Waals surface area contributed by atoms with E-state index in [4.69, 9.17) is 0 Å². The molecule has 0 spiro atoms. The Morgan fingerprint density at radius 2 is 1.07 bits per heavy atom. The normalized spacial score (nSPS) is 12.7. The third-order valence-electron chi connectivity index (χ3n) is 5.12. The van der Waals surface area contributed by atoms with E-state index >= 15 is 0 Å². The molecule has 0 atom stereocenters. The van der Waals surface area contributed by atoms with Crippen molar-refractivity contribution in [2.45, 2.75) is 58.2 Å². The number of carbonyl (C=O) groups is 1. The molecule has 0 heterocycles. The van der Waals surface area contributed by atoms with Crippen molar-refractivity contribution in [2.75, 3.05) is 0 Å². The van der Waals surface area contributed by atoms with Crippen molar-refractivity contribution in [1.82, 2.24) is 0 Å². The Bertz CT molecular complexity index is 756. The van der Waals surface area contributed by atoms with Crippen molar-refractivity contribution < 1.29 is 15.0 Å². The van der Waals surface area contributed by atoms with Gasteiger partial charge in [-0.3, -0.25) is 4.79 Å². The summed E-state index contributed by atoms with van der Waals surface area (Å²) in [6.45, 7) is 14.7. The van der Waals surface area contributed by atoms with Gasteiger partial charge in [-0.1, -0.05) is 69.0 Å². The van der Waals surface area contributed by atoms with E-state index in [9.17, 15) is 15.0 Å². The predicted molar refractivity (Wildman–Crippen MR) is 111 cm³/mol. The molecule has 3 heteroatoms. The monoisotopic (exact) mass is 366 g/mol. The van der Waals surface area contributed by atoms with E-state index in [2.05, 4.69) is 20.4 Å². The van der Waals surface area contributed by atoms with Crippen molar-refractivity contribution >= 4 is 11.4 Å². The number of Topliss-reactive ketones (excluding diaryl/α,β-unsaturated/α-hetero) is 1. The molecule has 0 unspecified atom stereocenters. The summed E-state index contributed by atoms with van der Waals surface area (Å²) in [5.41, 5.74) is 1.69. The fourth-order valence-electron chi connectivity index (χ4n) is 3.00. The third kappa shape index (κ3) is 4.55. The van der Waals surface area contributed by atoms with E-state index < -0.39 is 11.2 Å². The van der Waals surface area contributed by atoms with Crippen LogP contribution in [0.4, 0.5) is 0 Å². The molecule has 0 radical (unpaired) electrons. The van der Waals surface area contributed by atoms with Gasteiger partial charge in [0.1, 0.15) is 5.60 Å². The van der Waals surface area contributed by atoms with Crippen molar-refractivity contribution in [2.24, 2.45) is 0 Å². The standard InChI is InChI=1S/C24H30O3/c1-16(23(4,5)26)17-8-12-19(13-9-17)22(2,3)20-14-10-18(11-15-20)21(25)24(6,7)27/h8-15,26-27H,1H2,2-7H3. The predicted octanol–water partition coefficient (Wildman–Crippen LogP) is 4.75. The summed E-state index contributed by atoms with van der Waals surface area (Å²) in [6.07, 6.45) is 0. The smallest absolute Gasteiger partial charge is 0.193 e. The topological polar surface area (TPSA) is 57.5 Å². The number of rotatable bonds is 6. The molecule has 0 bridgehead atoms. The SMILES string of the molecule is C=C(c1ccc(C(C)(C)c2ccc(C(=O)C(C)(C)O)cc2)cc1)C(C)(C)O. The Morgan fingerprint density at radius 3 is 1.41 bits per heavy atom. The third-order valence-corrected chi connectivity index (χ3v) is 5.12. The van der Waals surface area contributed by atoms with Crippen molar-refractivity contribution in [3.63, 3.8) is 0 Å². The van der Waals surface area contributed by atoms with Gasteiger partial charge in [0.2, 0.25) is 0 Å². The van der Waals surface area contributed by atoms with Crippen LogP contribution in [0, 0.1) is 0 Å². The maximum atomic E-state index is 12.2. The molecule has 0 aliphatic rings. The van der Waals surface area contributed by atoms with Gasteiger partial charge in [-0.25, -0.2) is 0 Å². The van der Waals surface area contributed by atoms with Gasteiger partial charge in [-0.2, -0.15) is 0 Å². The zero-order chi connectivity index (χ0) is 20.6. The second-order valence-electron chi connectivity index (χ2n) is 8.71. The second-order valence-corrected chi connectivity index (χ2v) is 8.71. The lowest BCUT2D eigenvalue weighted by Gasteiger charge is -2.27. The van der Waals surface area contributed by atoms with Gasteiger partial charge in [-0.15, -0.1) is 0 Å². The molecule has 0 saturated carbocycles. The lowest BCUT2D eigenvalue weighted by atomic mass is 9.77. The van der Waals surface area contributed by atoms with Crippen LogP contribution in [0.15, 0.2) is 55.1 Å². The zero-order valence-electron chi connectivity index (χ0n) is 17.1. The summed E-state index contributed by atoms with van der Waals surface area (Å²) in [5, 5.41) is 20.0. The quantitative estimate of drug-likeness (QED) is 0.725. The summed E-state index contributed by atoms with van der Waals surface area (Å²) in [4.78, 5) is 12.2. The van der Waals surface area contributed by atoms with Crippen molar-refractivity contribution in [3.8, 4) is 0 Å². The van der Waals surface area contributed by atoms with Gasteiger partial charge < -0.3 is 10.2 Å². The van der Waals surface area contributed by atoms with Gasteiger partial charge in [-0.05, 0) is 50.0 Å². The summed E-state index contributed by atoms with van der Waals surface area (Å²) >= 11 is 0. The highest BCUT2D eigenvalue weighted by Crippen LogP contribution is 2.33. The molecule has 2 aromatic carbocycles. The van der Waals surface area contributed by atoms with Crippen molar-refractivity contribution in [1.29, 1.82) is 0 Å². The first-order chi connectivity index (χ1) is 12.2. The van der Waals surface area contributed by atoms with E-state index in [1.165, 1.54) is 13.8 Å². The highest BCUT2D eigenvalue weighted by atomic mass is 16.3. The molecular weight excluding hydrogens is 336 g/mol. The number of aliphatic hydroxyl groups is 2. The molecule has 2 aromatic rings. The summed E-state index contributed by atoms with van der Waals surface area (Å²) in [6, 6.07) is 15.4. The van der Waals surface area contributed by atoms with E-state index in [0.717, 1.165) is 16.7 Å². The maximum Gasteiger partial charge on any atom is 0.193 e. The summed E-state index contributed by atoms with van der Waals surface area (Å²) in [7, 11) is 0. The molecule has 27 heavy (non-hydrogen) atoms. The number of hydrogen-bond donors (Lipinski definition) is 2. The van der Waals surface area contributed by atoms with Crippen LogP contribution in [0.1, 0.15) is 68.6 Å². The first kappa shape index (κ1) is 21.1. The van der Waals surface area contributed by atoms with Crippen LogP contribution in [0.3, 0.4) is 0 Å². The molecule has 2 N–H and O–H groups in total. The van der Waals surface area contributed by atoms with Crippen LogP contribution < -0.4 is 0 Å². The highest BCUT2D eigenvalue weighted by molar-refractivity contribution is 6.01. The van der Waals surface area contributed by atoms with E-state index in [0.29, 0.717) is 11.1 Å². The lowest BCUT2D eigenvalue weighted by molar-refractivity contribution is 0.0488. The zero-order valence-corrected chi connectivity index (χ0v) is 17.1. The molecular formula is C24H30O3. The minimum Gasteiger partial charge on any atom is -0.386 e. The van der Waals surface area contributed by atoms with E-state index in [-0.39, 0.29) is 11.2 Å². The highest BCUT2D eigenvalue weighted by Gasteiger charge is 2.27. The fourth-order valence-corrected chi connectivity index (χ4v) is 3.00. The Labute approximate surface area is 162 Å². The molecule has 0 amide bonds. The number of hydrogen-bond acceptors (Lipinski definition) is 3. The van der Waals surface area contributed by atoms with Crippen LogP contribution in [-0.4, -0.2) is 27.2 Å². The van der Waals surface area contributed by atoms with Crippen LogP contribution in [0.25, 0.3) is 5.57 Å². The number of carbonyl (C=O) groups excluding carboxylic acids is 1. The fraction of sp³-hybridized carbons (Fsp3) is 0.375. The molecule has 2 rings (SSSR count). The number of ketones is 1. The Morgan fingerprint density at radius 1 is 0.704 bits per heavy atom. The Kier molecular flexibility index (Phi) is 5.51. The summed E-state index contributed by atoms with van der Waals surface area (Å²) < 4.78 is 0. The van der Waals surface area contributed by atoms with Crippen molar-refractivity contribution in [3.05, 3.63) is 77.4 Å². The average molecular weight is 367 g/mol. The van der Waals surface area contributed by atoms with Gasteiger partial charge in [0.05, 0.1) is 5.60 Å². The molecule has 3 nitrogen and oxygen atoms in total. The molecule has 0 aliphatic carbocycles. The second kappa shape index (κ2) is 7.06. The minimum atomic E-state index is -1.38. The Balaban J connectivity index is 2.30. The van der Waals surface area contributed by atoms with Crippen LogP contribution in [0.5, 0.6) is 0 Å². The average Bonchev–Trinajstić information content (AvgIpc) is 2.59. The van der Waals surface area contributed by atoms with Gasteiger partial charge in [0.15, 0.2) is 5.78 Å². The van der Waals surface area contributed by atoms with Gasteiger partial charge in [0, 0.05) is 11.0 Å². The molecule has 144 valence electrons. The first-order valence-electron chi connectivity index (χ1n) is 9.15. The van der Waals surface area contributed by atoms with Crippen LogP contribution >= 0.6 is 0 Å². The molecule has 0 aromatic heterocycles. The van der Waals surface area contributed by atoms with Gasteiger partial charge >= 0.3 is 0 Å². The van der Waals surface area contributed by atoms with Gasteiger partial charge in [0.25, 0.3) is 0 Å². The van der Waals surface area contributed by atoms with Crippen LogP contribution in [0.2, 0.25) is 0 Å². The largest absolute Gasteiger partial charge is 0.386 e. The van der Waals surface area contributed by atoms with E-state index in [1.54, 1.807) is 26.0 Å². The number of benzene rings is 2. The first-order valence-corrected chi connectivity index (χ1v) is 9.15.